The summed E-state index contributed by atoms with van der Waals surface area (Å²) in [6.45, 7) is 3.57. The van der Waals surface area contributed by atoms with Gasteiger partial charge in [0.2, 0.25) is 11.8 Å². The lowest BCUT2D eigenvalue weighted by Crippen LogP contribution is -2.51. The minimum atomic E-state index is -0.670. The SMILES string of the molecule is Cc1ccc(OC2CC3CC2N(C(=O)c2cccc(F)c2-c2ncc(F)cn2)C3C)nc1F. The van der Waals surface area contributed by atoms with Crippen molar-refractivity contribution in [1.29, 1.82) is 0 Å². The maximum Gasteiger partial charge on any atom is 0.255 e. The Morgan fingerprint density at radius 3 is 2.55 bits per heavy atom. The van der Waals surface area contributed by atoms with Gasteiger partial charge < -0.3 is 9.64 Å². The predicted octanol–water partition coefficient (Wildman–Crippen LogP) is 4.33. The normalized spacial score (nSPS) is 23.7. The van der Waals surface area contributed by atoms with E-state index in [1.54, 1.807) is 24.0 Å². The standard InChI is InChI=1S/C24H21F3N4O2/c1-12-6-7-20(30-22(12)27)33-19-9-14-8-18(19)31(13(14)2)24(32)16-4-3-5-17(26)21(16)23-28-10-15(25)11-29-23/h3-7,10-11,13-14,18-19H,8-9H2,1-2H3. The number of carbonyl (C=O) groups excluding carboxylic acids is 1. The van der Waals surface area contributed by atoms with Crippen LogP contribution in [0.1, 0.15) is 35.7 Å². The molecular formula is C24H21F3N4O2. The molecule has 1 aliphatic carbocycles. The Labute approximate surface area is 188 Å². The Hall–Kier alpha value is -3.49. The average Bonchev–Trinajstić information content (AvgIpc) is 3.34. The number of nitrogens with zero attached hydrogens (tertiary/aromatic N) is 4. The molecule has 170 valence electrons. The summed E-state index contributed by atoms with van der Waals surface area (Å²) in [6, 6.07) is 7.01. The molecule has 2 bridgehead atoms. The molecular weight excluding hydrogens is 433 g/mol. The second-order valence-corrected chi connectivity index (χ2v) is 8.55. The Morgan fingerprint density at radius 1 is 1.09 bits per heavy atom. The van der Waals surface area contributed by atoms with Crippen molar-refractivity contribution in [2.24, 2.45) is 5.92 Å². The second-order valence-electron chi connectivity index (χ2n) is 8.55. The number of ether oxygens (including phenoxy) is 1. The van der Waals surface area contributed by atoms with E-state index in [4.69, 9.17) is 4.74 Å². The van der Waals surface area contributed by atoms with E-state index in [2.05, 4.69) is 15.0 Å². The molecule has 3 aromatic rings. The van der Waals surface area contributed by atoms with Crippen molar-refractivity contribution in [3.63, 3.8) is 0 Å². The molecule has 3 heterocycles. The Balaban J connectivity index is 1.46. The van der Waals surface area contributed by atoms with Gasteiger partial charge in [-0.05, 0) is 50.8 Å². The molecule has 9 heteroatoms. The summed E-state index contributed by atoms with van der Waals surface area (Å²) in [5.74, 6) is -2.01. The van der Waals surface area contributed by atoms with Gasteiger partial charge in [-0.1, -0.05) is 6.07 Å². The van der Waals surface area contributed by atoms with Crippen molar-refractivity contribution in [3.05, 3.63) is 71.4 Å². The summed E-state index contributed by atoms with van der Waals surface area (Å²) >= 11 is 0. The molecule has 0 spiro atoms. The summed E-state index contributed by atoms with van der Waals surface area (Å²) in [6.07, 6.45) is 2.94. The number of benzene rings is 1. The van der Waals surface area contributed by atoms with Gasteiger partial charge in [-0.2, -0.15) is 9.37 Å². The third kappa shape index (κ3) is 3.71. The van der Waals surface area contributed by atoms with Gasteiger partial charge in [0.05, 0.1) is 29.6 Å². The fourth-order valence-electron chi connectivity index (χ4n) is 4.91. The fraction of sp³-hybridized carbons (Fsp3) is 0.333. The van der Waals surface area contributed by atoms with E-state index in [9.17, 15) is 18.0 Å². The highest BCUT2D eigenvalue weighted by atomic mass is 19.1. The van der Waals surface area contributed by atoms with Crippen LogP contribution in [0.3, 0.4) is 0 Å². The summed E-state index contributed by atoms with van der Waals surface area (Å²) in [5.41, 5.74) is 0.443. The van der Waals surface area contributed by atoms with Gasteiger partial charge in [0.25, 0.3) is 5.91 Å². The zero-order valence-electron chi connectivity index (χ0n) is 18.0. The van der Waals surface area contributed by atoms with Crippen LogP contribution in [-0.4, -0.2) is 43.9 Å². The van der Waals surface area contributed by atoms with E-state index in [1.807, 2.05) is 6.92 Å². The van der Waals surface area contributed by atoms with E-state index >= 15 is 0 Å². The average molecular weight is 454 g/mol. The Kier molecular flexibility index (Phi) is 5.26. The first-order chi connectivity index (χ1) is 15.8. The molecule has 2 aromatic heterocycles. The molecule has 1 aromatic carbocycles. The molecule has 2 aliphatic rings. The number of fused-ring (bicyclic) bond motifs is 2. The quantitative estimate of drug-likeness (QED) is 0.549. The van der Waals surface area contributed by atoms with Crippen LogP contribution >= 0.6 is 0 Å². The van der Waals surface area contributed by atoms with Gasteiger partial charge in [-0.25, -0.2) is 18.7 Å². The number of carbonyl (C=O) groups is 1. The number of halogens is 3. The molecule has 6 nitrogen and oxygen atoms in total. The fourth-order valence-corrected chi connectivity index (χ4v) is 4.91. The van der Waals surface area contributed by atoms with Crippen molar-refractivity contribution in [3.8, 4) is 17.3 Å². The summed E-state index contributed by atoms with van der Waals surface area (Å²) in [7, 11) is 0. The highest BCUT2D eigenvalue weighted by Gasteiger charge is 2.53. The third-order valence-corrected chi connectivity index (χ3v) is 6.59. The maximum atomic E-state index is 14.8. The number of piperidine rings is 1. The van der Waals surface area contributed by atoms with Gasteiger partial charge in [-0.3, -0.25) is 4.79 Å². The van der Waals surface area contributed by atoms with Crippen LogP contribution in [-0.2, 0) is 0 Å². The molecule has 33 heavy (non-hydrogen) atoms. The highest BCUT2D eigenvalue weighted by Crippen LogP contribution is 2.45. The van der Waals surface area contributed by atoms with E-state index in [-0.39, 0.29) is 52.8 Å². The zero-order chi connectivity index (χ0) is 23.3. The smallest absolute Gasteiger partial charge is 0.255 e. The number of aromatic nitrogens is 3. The molecule has 0 N–H and O–H groups in total. The summed E-state index contributed by atoms with van der Waals surface area (Å²) < 4.78 is 47.9. The summed E-state index contributed by atoms with van der Waals surface area (Å²) in [4.78, 5) is 26.9. The van der Waals surface area contributed by atoms with Crippen molar-refractivity contribution >= 4 is 5.91 Å². The first-order valence-corrected chi connectivity index (χ1v) is 10.7. The van der Waals surface area contributed by atoms with Crippen LogP contribution in [0.25, 0.3) is 11.4 Å². The molecule has 4 atom stereocenters. The third-order valence-electron chi connectivity index (χ3n) is 6.59. The summed E-state index contributed by atoms with van der Waals surface area (Å²) in [5, 5.41) is 0. The lowest BCUT2D eigenvalue weighted by Gasteiger charge is -2.38. The number of rotatable bonds is 4. The zero-order valence-corrected chi connectivity index (χ0v) is 18.0. The molecule has 1 saturated carbocycles. The first kappa shape index (κ1) is 21.4. The van der Waals surface area contributed by atoms with Gasteiger partial charge in [-0.15, -0.1) is 0 Å². The van der Waals surface area contributed by atoms with Crippen molar-refractivity contribution in [2.45, 2.75) is 44.9 Å². The van der Waals surface area contributed by atoms with E-state index < -0.39 is 17.6 Å². The van der Waals surface area contributed by atoms with Crippen molar-refractivity contribution < 1.29 is 22.7 Å². The minimum absolute atomic E-state index is 0.0676. The molecule has 1 amide bonds. The molecule has 1 aliphatic heterocycles. The lowest BCUT2D eigenvalue weighted by molar-refractivity contribution is 0.0312. The number of amides is 1. The highest BCUT2D eigenvalue weighted by molar-refractivity contribution is 6.00. The molecule has 1 saturated heterocycles. The number of aryl methyl sites for hydroxylation is 1. The lowest BCUT2D eigenvalue weighted by atomic mass is 9.97. The molecule has 0 radical (unpaired) electrons. The number of hydrogen-bond donors (Lipinski definition) is 0. The van der Waals surface area contributed by atoms with Crippen LogP contribution in [0.5, 0.6) is 5.88 Å². The van der Waals surface area contributed by atoms with Crippen molar-refractivity contribution in [2.75, 3.05) is 0 Å². The largest absolute Gasteiger partial charge is 0.472 e. The van der Waals surface area contributed by atoms with Crippen LogP contribution in [0, 0.1) is 30.4 Å². The molecule has 5 rings (SSSR count). The first-order valence-electron chi connectivity index (χ1n) is 10.7. The van der Waals surface area contributed by atoms with E-state index in [1.165, 1.54) is 18.2 Å². The minimum Gasteiger partial charge on any atom is -0.472 e. The number of pyridine rings is 1. The van der Waals surface area contributed by atoms with Crippen LogP contribution in [0.15, 0.2) is 42.7 Å². The molecule has 2 fully saturated rings. The van der Waals surface area contributed by atoms with Gasteiger partial charge in [0, 0.05) is 17.7 Å². The van der Waals surface area contributed by atoms with Crippen LogP contribution in [0.4, 0.5) is 13.2 Å². The van der Waals surface area contributed by atoms with Gasteiger partial charge >= 0.3 is 0 Å². The van der Waals surface area contributed by atoms with Gasteiger partial charge in [0.1, 0.15) is 11.9 Å². The van der Waals surface area contributed by atoms with Crippen LogP contribution in [0.2, 0.25) is 0 Å². The van der Waals surface area contributed by atoms with Gasteiger partial charge in [0.15, 0.2) is 11.6 Å². The second kappa shape index (κ2) is 8.13. The monoisotopic (exact) mass is 454 g/mol. The Morgan fingerprint density at radius 2 is 1.85 bits per heavy atom. The topological polar surface area (TPSA) is 68.2 Å². The predicted molar refractivity (Wildman–Crippen MR) is 113 cm³/mol. The Bertz CT molecular complexity index is 1220. The number of hydrogen-bond acceptors (Lipinski definition) is 5. The maximum absolute atomic E-state index is 14.8. The van der Waals surface area contributed by atoms with Crippen molar-refractivity contribution in [1.82, 2.24) is 19.9 Å². The molecule has 4 unspecified atom stereocenters. The number of likely N-dealkylation sites (tertiary alicyclic amines) is 1. The van der Waals surface area contributed by atoms with E-state index in [0.29, 0.717) is 12.0 Å². The van der Waals surface area contributed by atoms with Crippen LogP contribution < -0.4 is 4.74 Å². The van der Waals surface area contributed by atoms with E-state index in [0.717, 1.165) is 18.8 Å².